The number of aromatic carboxylic acids is 1. The topological polar surface area (TPSA) is 55.1 Å². The number of carbonyl (C=O) groups is 1. The second-order valence-electron chi connectivity index (χ2n) is 3.49. The molecule has 0 unspecified atom stereocenters. The van der Waals surface area contributed by atoms with Crippen molar-refractivity contribution < 1.29 is 14.3 Å². The van der Waals surface area contributed by atoms with Crippen LogP contribution in [0.2, 0.25) is 5.02 Å². The van der Waals surface area contributed by atoms with Gasteiger partial charge in [0.2, 0.25) is 0 Å². The molecule has 0 fully saturated rings. The van der Waals surface area contributed by atoms with Crippen molar-refractivity contribution in [3.05, 3.63) is 40.8 Å². The van der Waals surface area contributed by atoms with E-state index in [1.165, 1.54) is 29.1 Å². The zero-order valence-corrected chi connectivity index (χ0v) is 9.57. The Bertz CT molecular complexity index is 595. The number of carboxylic acids is 1. The summed E-state index contributed by atoms with van der Waals surface area (Å²) in [4.78, 5) is 11.0. The van der Waals surface area contributed by atoms with E-state index in [2.05, 4.69) is 5.10 Å². The molecule has 88 valence electrons. The third kappa shape index (κ3) is 2.14. The van der Waals surface area contributed by atoms with Crippen LogP contribution in [0.25, 0.3) is 11.3 Å². The molecule has 4 nitrogen and oxygen atoms in total. The van der Waals surface area contributed by atoms with Crippen molar-refractivity contribution in [1.29, 1.82) is 0 Å². The molecule has 0 aliphatic heterocycles. The van der Waals surface area contributed by atoms with E-state index in [1.807, 2.05) is 0 Å². The van der Waals surface area contributed by atoms with Crippen molar-refractivity contribution in [2.75, 3.05) is 0 Å². The number of rotatable bonds is 2. The van der Waals surface area contributed by atoms with Gasteiger partial charge in [-0.2, -0.15) is 5.10 Å². The maximum atomic E-state index is 13.6. The number of carboxylic acid groups (broad SMARTS) is 1. The van der Waals surface area contributed by atoms with Crippen LogP contribution in [0.3, 0.4) is 0 Å². The predicted octanol–water partition coefficient (Wildman–Crippen LogP) is 2.58. The Labute approximate surface area is 101 Å². The molecule has 0 aliphatic carbocycles. The summed E-state index contributed by atoms with van der Waals surface area (Å²) in [6.45, 7) is 0. The van der Waals surface area contributed by atoms with Gasteiger partial charge in [0.05, 0.1) is 0 Å². The Balaban J connectivity index is 2.67. The summed E-state index contributed by atoms with van der Waals surface area (Å²) in [5.74, 6) is -1.72. The van der Waals surface area contributed by atoms with E-state index in [0.29, 0.717) is 5.02 Å². The number of halogens is 2. The minimum absolute atomic E-state index is 0.0614. The van der Waals surface area contributed by atoms with Gasteiger partial charge < -0.3 is 5.11 Å². The maximum Gasteiger partial charge on any atom is 0.339 e. The summed E-state index contributed by atoms with van der Waals surface area (Å²) in [6.07, 6.45) is 1.32. The highest BCUT2D eigenvalue weighted by Crippen LogP contribution is 2.27. The van der Waals surface area contributed by atoms with Crippen molar-refractivity contribution in [3.8, 4) is 11.3 Å². The van der Waals surface area contributed by atoms with E-state index in [1.54, 1.807) is 7.05 Å². The van der Waals surface area contributed by atoms with E-state index < -0.39 is 11.8 Å². The average Bonchev–Trinajstić information content (AvgIpc) is 2.64. The van der Waals surface area contributed by atoms with Gasteiger partial charge in [0.15, 0.2) is 0 Å². The molecule has 0 bridgehead atoms. The molecule has 1 heterocycles. The second-order valence-corrected chi connectivity index (χ2v) is 3.93. The number of nitrogens with zero attached hydrogens (tertiary/aromatic N) is 2. The number of aryl methyl sites for hydroxylation is 1. The lowest BCUT2D eigenvalue weighted by atomic mass is 10.1. The van der Waals surface area contributed by atoms with E-state index in [-0.39, 0.29) is 16.8 Å². The molecular weight excluding hydrogens is 247 g/mol. The van der Waals surface area contributed by atoms with Gasteiger partial charge in [-0.15, -0.1) is 0 Å². The summed E-state index contributed by atoms with van der Waals surface area (Å²) in [7, 11) is 1.57. The van der Waals surface area contributed by atoms with Crippen molar-refractivity contribution in [3.63, 3.8) is 0 Å². The second kappa shape index (κ2) is 4.18. The summed E-state index contributed by atoms with van der Waals surface area (Å²) < 4.78 is 14.9. The molecule has 0 saturated carbocycles. The lowest BCUT2D eigenvalue weighted by molar-refractivity contribution is 0.0697. The summed E-state index contributed by atoms with van der Waals surface area (Å²) in [6, 6.07) is 3.92. The van der Waals surface area contributed by atoms with Crippen LogP contribution < -0.4 is 0 Å². The van der Waals surface area contributed by atoms with Crippen LogP contribution in [-0.4, -0.2) is 20.9 Å². The molecule has 2 rings (SSSR count). The first-order valence-electron chi connectivity index (χ1n) is 4.71. The molecule has 0 spiro atoms. The number of benzene rings is 1. The number of hydrogen-bond acceptors (Lipinski definition) is 2. The maximum absolute atomic E-state index is 13.6. The molecule has 6 heteroatoms. The molecule has 2 aromatic rings. The smallest absolute Gasteiger partial charge is 0.339 e. The molecule has 17 heavy (non-hydrogen) atoms. The Hall–Kier alpha value is -1.88. The van der Waals surface area contributed by atoms with Crippen LogP contribution >= 0.6 is 11.6 Å². The van der Waals surface area contributed by atoms with E-state index >= 15 is 0 Å². The van der Waals surface area contributed by atoms with Crippen molar-refractivity contribution in [1.82, 2.24) is 9.78 Å². The molecule has 0 radical (unpaired) electrons. The number of hydrogen-bond donors (Lipinski definition) is 1. The van der Waals surface area contributed by atoms with Gasteiger partial charge in [0, 0.05) is 23.8 Å². The molecular formula is C11H8ClFN2O2. The zero-order valence-electron chi connectivity index (χ0n) is 8.82. The molecule has 0 atom stereocenters. The largest absolute Gasteiger partial charge is 0.478 e. The first-order valence-corrected chi connectivity index (χ1v) is 5.09. The fourth-order valence-electron chi connectivity index (χ4n) is 1.52. The van der Waals surface area contributed by atoms with Gasteiger partial charge >= 0.3 is 5.97 Å². The first-order chi connectivity index (χ1) is 7.99. The molecule has 1 aromatic heterocycles. The Morgan fingerprint density at radius 3 is 2.88 bits per heavy atom. The fraction of sp³-hybridized carbons (Fsp3) is 0.0909. The average molecular weight is 255 g/mol. The van der Waals surface area contributed by atoms with Crippen LogP contribution in [0, 0.1) is 5.82 Å². The van der Waals surface area contributed by atoms with Gasteiger partial charge in [-0.3, -0.25) is 4.68 Å². The van der Waals surface area contributed by atoms with Gasteiger partial charge in [-0.1, -0.05) is 11.6 Å². The van der Waals surface area contributed by atoms with Gasteiger partial charge in [0.25, 0.3) is 0 Å². The van der Waals surface area contributed by atoms with Crippen molar-refractivity contribution in [2.24, 2.45) is 7.05 Å². The monoisotopic (exact) mass is 254 g/mol. The van der Waals surface area contributed by atoms with Crippen LogP contribution in [0.4, 0.5) is 4.39 Å². The van der Waals surface area contributed by atoms with Crippen LogP contribution in [0.5, 0.6) is 0 Å². The molecule has 1 aromatic carbocycles. The molecule has 0 aliphatic rings. The lowest BCUT2D eigenvalue weighted by Crippen LogP contribution is -1.98. The van der Waals surface area contributed by atoms with Crippen LogP contribution in [-0.2, 0) is 7.05 Å². The zero-order chi connectivity index (χ0) is 12.6. The van der Waals surface area contributed by atoms with E-state index in [9.17, 15) is 9.18 Å². The minimum atomic E-state index is -1.16. The fourth-order valence-corrected chi connectivity index (χ4v) is 1.69. The molecule has 0 saturated heterocycles. The Morgan fingerprint density at radius 1 is 1.53 bits per heavy atom. The third-order valence-corrected chi connectivity index (χ3v) is 2.48. The first kappa shape index (κ1) is 11.6. The lowest BCUT2D eigenvalue weighted by Gasteiger charge is -2.01. The third-order valence-electron chi connectivity index (χ3n) is 2.24. The van der Waals surface area contributed by atoms with Gasteiger partial charge in [0.1, 0.15) is 17.1 Å². The summed E-state index contributed by atoms with van der Waals surface area (Å²) >= 11 is 5.76. The van der Waals surface area contributed by atoms with Gasteiger partial charge in [-0.25, -0.2) is 9.18 Å². The SMILES string of the molecule is Cn1cc(C(=O)O)c(-c2cc(Cl)ccc2F)n1. The highest BCUT2D eigenvalue weighted by molar-refractivity contribution is 6.30. The van der Waals surface area contributed by atoms with Crippen molar-refractivity contribution >= 4 is 17.6 Å². The number of aromatic nitrogens is 2. The highest BCUT2D eigenvalue weighted by Gasteiger charge is 2.19. The molecule has 0 amide bonds. The summed E-state index contributed by atoms with van der Waals surface area (Å²) in [5, 5.41) is 13.3. The Kier molecular flexibility index (Phi) is 2.85. The summed E-state index contributed by atoms with van der Waals surface area (Å²) in [5.41, 5.74) is 0.0872. The van der Waals surface area contributed by atoms with Gasteiger partial charge in [-0.05, 0) is 18.2 Å². The predicted molar refractivity (Wildman–Crippen MR) is 60.6 cm³/mol. The van der Waals surface area contributed by atoms with E-state index in [4.69, 9.17) is 16.7 Å². The standard InChI is InChI=1S/C11H8ClFN2O2/c1-15-5-8(11(16)17)10(14-15)7-4-6(12)2-3-9(7)13/h2-5H,1H3,(H,16,17). The highest BCUT2D eigenvalue weighted by atomic mass is 35.5. The normalized spacial score (nSPS) is 10.5. The van der Waals surface area contributed by atoms with Crippen LogP contribution in [0.1, 0.15) is 10.4 Å². The van der Waals surface area contributed by atoms with Crippen LogP contribution in [0.15, 0.2) is 24.4 Å². The quantitative estimate of drug-likeness (QED) is 0.896. The minimum Gasteiger partial charge on any atom is -0.478 e. The van der Waals surface area contributed by atoms with E-state index in [0.717, 1.165) is 0 Å². The van der Waals surface area contributed by atoms with Crippen molar-refractivity contribution in [2.45, 2.75) is 0 Å². The Morgan fingerprint density at radius 2 is 2.24 bits per heavy atom. The molecule has 1 N–H and O–H groups in total.